The molecular weight excluding hydrogens is 467 g/mol. The highest BCUT2D eigenvalue weighted by Gasteiger charge is 2.42. The van der Waals surface area contributed by atoms with E-state index in [1.54, 1.807) is 50.5 Å². The van der Waals surface area contributed by atoms with Crippen molar-refractivity contribution >= 4 is 35.1 Å². The predicted molar refractivity (Wildman–Crippen MR) is 126 cm³/mol. The summed E-state index contributed by atoms with van der Waals surface area (Å²) in [6.07, 6.45) is 0. The maximum Gasteiger partial charge on any atom is 0.273 e. The molecule has 1 aromatic heterocycles. The molecule has 0 saturated carbocycles. The Balaban J connectivity index is 1.98. The first-order valence-corrected chi connectivity index (χ1v) is 10.8. The lowest BCUT2D eigenvalue weighted by Gasteiger charge is -2.26. The summed E-state index contributed by atoms with van der Waals surface area (Å²) >= 11 is 12.6. The van der Waals surface area contributed by atoms with Crippen LogP contribution < -0.4 is 15.2 Å². The molecule has 0 aliphatic carbocycles. The summed E-state index contributed by atoms with van der Waals surface area (Å²) < 4.78 is 16.1. The second-order valence-electron chi connectivity index (χ2n) is 7.33. The minimum Gasteiger partial charge on any atom is -0.493 e. The molecule has 3 aromatic rings. The van der Waals surface area contributed by atoms with E-state index in [2.05, 4.69) is 9.97 Å². The Bertz CT molecular complexity index is 1220. The number of methoxy groups -OCH3 is 3. The number of anilines is 1. The van der Waals surface area contributed by atoms with Crippen LogP contribution in [0.2, 0.25) is 10.0 Å². The fourth-order valence-electron chi connectivity index (χ4n) is 3.99. The van der Waals surface area contributed by atoms with Gasteiger partial charge in [0.05, 0.1) is 37.6 Å². The van der Waals surface area contributed by atoms with E-state index in [1.807, 2.05) is 12.1 Å². The van der Waals surface area contributed by atoms with E-state index >= 15 is 0 Å². The molecule has 1 unspecified atom stereocenters. The Labute approximate surface area is 201 Å². The molecule has 172 valence electrons. The van der Waals surface area contributed by atoms with Crippen LogP contribution in [0.15, 0.2) is 36.4 Å². The molecule has 0 radical (unpaired) electrons. The lowest BCUT2D eigenvalue weighted by Crippen LogP contribution is -2.32. The molecule has 2 heterocycles. The van der Waals surface area contributed by atoms with Crippen LogP contribution in [-0.4, -0.2) is 55.3 Å². The topological polar surface area (TPSA) is 99.8 Å². The van der Waals surface area contributed by atoms with Gasteiger partial charge in [0.2, 0.25) is 5.95 Å². The molecule has 2 N–H and O–H groups in total. The lowest BCUT2D eigenvalue weighted by atomic mass is 9.94. The van der Waals surface area contributed by atoms with Gasteiger partial charge in [0.15, 0.2) is 11.5 Å². The molecular formula is C23H22Cl2N4O4. The summed E-state index contributed by atoms with van der Waals surface area (Å²) in [4.78, 5) is 23.9. The average Bonchev–Trinajstić information content (AvgIpc) is 3.08. The van der Waals surface area contributed by atoms with Crippen molar-refractivity contribution in [2.75, 3.05) is 40.2 Å². The van der Waals surface area contributed by atoms with E-state index in [0.717, 1.165) is 5.56 Å². The van der Waals surface area contributed by atoms with Crippen molar-refractivity contribution in [3.63, 3.8) is 0 Å². The van der Waals surface area contributed by atoms with Crippen LogP contribution in [0.4, 0.5) is 5.95 Å². The molecule has 1 atom stereocenters. The Morgan fingerprint density at radius 1 is 1.00 bits per heavy atom. The zero-order valence-electron chi connectivity index (χ0n) is 18.3. The highest BCUT2D eigenvalue weighted by Crippen LogP contribution is 2.45. The SMILES string of the molecule is COCCN1C(=O)c2nc(N)nc(-c3ccc(Cl)cc3Cl)c2C1c1ccc(OC)c(OC)c1. The van der Waals surface area contributed by atoms with Crippen LogP contribution in [-0.2, 0) is 4.74 Å². The van der Waals surface area contributed by atoms with Crippen LogP contribution in [0.1, 0.15) is 27.7 Å². The predicted octanol–water partition coefficient (Wildman–Crippen LogP) is 4.24. The normalized spacial score (nSPS) is 15.0. The molecule has 10 heteroatoms. The van der Waals surface area contributed by atoms with Gasteiger partial charge in [-0.05, 0) is 35.9 Å². The van der Waals surface area contributed by atoms with E-state index in [1.165, 1.54) is 0 Å². The van der Waals surface area contributed by atoms with Crippen LogP contribution in [0.5, 0.6) is 11.5 Å². The second-order valence-corrected chi connectivity index (χ2v) is 8.17. The summed E-state index contributed by atoms with van der Waals surface area (Å²) in [5.41, 5.74) is 8.67. The van der Waals surface area contributed by atoms with Crippen LogP contribution in [0.25, 0.3) is 11.3 Å². The third kappa shape index (κ3) is 4.17. The number of carbonyl (C=O) groups excluding carboxylic acids is 1. The summed E-state index contributed by atoms with van der Waals surface area (Å²) in [5.74, 6) is 0.804. The molecule has 1 aliphatic heterocycles. The van der Waals surface area contributed by atoms with Crippen molar-refractivity contribution in [2.24, 2.45) is 0 Å². The first kappa shape index (κ1) is 23.1. The molecule has 0 saturated heterocycles. The van der Waals surface area contributed by atoms with Crippen LogP contribution in [0, 0.1) is 0 Å². The van der Waals surface area contributed by atoms with E-state index in [4.69, 9.17) is 43.1 Å². The number of aromatic nitrogens is 2. The molecule has 0 fully saturated rings. The largest absolute Gasteiger partial charge is 0.493 e. The molecule has 2 aromatic carbocycles. The molecule has 1 aliphatic rings. The Hall–Kier alpha value is -3.07. The Kier molecular flexibility index (Phi) is 6.60. The van der Waals surface area contributed by atoms with Gasteiger partial charge in [0.25, 0.3) is 5.91 Å². The Morgan fingerprint density at radius 3 is 2.39 bits per heavy atom. The first-order valence-electron chi connectivity index (χ1n) is 10.0. The standard InChI is InChI=1S/C23H22Cl2N4O4/c1-31-9-8-29-21(12-4-7-16(32-2)17(10-12)33-3)18-19(14-6-5-13(24)11-15(14)25)27-23(26)28-20(18)22(29)30/h4-7,10-11,21H,8-9H2,1-3H3,(H2,26,27,28). The van der Waals surface area contributed by atoms with Crippen LogP contribution in [0.3, 0.4) is 0 Å². The number of nitrogens with zero attached hydrogens (tertiary/aromatic N) is 3. The number of amides is 1. The van der Waals surface area contributed by atoms with Gasteiger partial charge >= 0.3 is 0 Å². The first-order chi connectivity index (χ1) is 15.9. The number of fused-ring (bicyclic) bond motifs is 1. The van der Waals surface area contributed by atoms with E-state index in [0.29, 0.717) is 51.5 Å². The highest BCUT2D eigenvalue weighted by molar-refractivity contribution is 6.36. The monoisotopic (exact) mass is 488 g/mol. The van der Waals surface area contributed by atoms with Gasteiger partial charge in [-0.15, -0.1) is 0 Å². The Morgan fingerprint density at radius 2 is 1.73 bits per heavy atom. The van der Waals surface area contributed by atoms with Crippen molar-refractivity contribution in [3.05, 3.63) is 63.3 Å². The average molecular weight is 489 g/mol. The van der Waals surface area contributed by atoms with Gasteiger partial charge in [-0.25, -0.2) is 9.97 Å². The fraction of sp³-hybridized carbons (Fsp3) is 0.261. The zero-order valence-corrected chi connectivity index (χ0v) is 19.8. The second kappa shape index (κ2) is 9.43. The van der Waals surface area contributed by atoms with E-state index < -0.39 is 6.04 Å². The quantitative estimate of drug-likeness (QED) is 0.530. The number of ether oxygens (including phenoxy) is 3. The minimum atomic E-state index is -0.523. The number of nitrogen functional groups attached to an aromatic ring is 1. The molecule has 1 amide bonds. The van der Waals surface area contributed by atoms with Crippen molar-refractivity contribution in [3.8, 4) is 22.8 Å². The molecule has 4 rings (SSSR count). The van der Waals surface area contributed by atoms with Gasteiger partial charge in [-0.2, -0.15) is 0 Å². The summed E-state index contributed by atoms with van der Waals surface area (Å²) in [5, 5.41) is 0.869. The van der Waals surface area contributed by atoms with Gasteiger partial charge in [0, 0.05) is 29.8 Å². The molecule has 0 bridgehead atoms. The van der Waals surface area contributed by atoms with Crippen molar-refractivity contribution in [2.45, 2.75) is 6.04 Å². The van der Waals surface area contributed by atoms with Crippen molar-refractivity contribution in [1.82, 2.24) is 14.9 Å². The zero-order chi connectivity index (χ0) is 23.7. The number of benzene rings is 2. The summed E-state index contributed by atoms with van der Waals surface area (Å²) in [6.45, 7) is 0.669. The molecule has 8 nitrogen and oxygen atoms in total. The van der Waals surface area contributed by atoms with Gasteiger partial charge < -0.3 is 24.8 Å². The molecule has 0 spiro atoms. The van der Waals surface area contributed by atoms with Gasteiger partial charge in [-0.1, -0.05) is 29.3 Å². The molecule has 33 heavy (non-hydrogen) atoms. The number of hydrogen-bond donors (Lipinski definition) is 1. The highest BCUT2D eigenvalue weighted by atomic mass is 35.5. The summed E-state index contributed by atoms with van der Waals surface area (Å²) in [7, 11) is 4.70. The fourth-order valence-corrected chi connectivity index (χ4v) is 4.49. The number of rotatable bonds is 7. The summed E-state index contributed by atoms with van der Waals surface area (Å²) in [6, 6.07) is 10.0. The van der Waals surface area contributed by atoms with Gasteiger partial charge in [0.1, 0.15) is 5.69 Å². The minimum absolute atomic E-state index is 0.0252. The van der Waals surface area contributed by atoms with Crippen LogP contribution >= 0.6 is 23.2 Å². The van der Waals surface area contributed by atoms with Crippen molar-refractivity contribution < 1.29 is 19.0 Å². The number of halogens is 2. The number of hydrogen-bond acceptors (Lipinski definition) is 7. The smallest absolute Gasteiger partial charge is 0.273 e. The lowest BCUT2D eigenvalue weighted by molar-refractivity contribution is 0.0679. The number of carbonyl (C=O) groups is 1. The van der Waals surface area contributed by atoms with Gasteiger partial charge in [-0.3, -0.25) is 4.79 Å². The maximum absolute atomic E-state index is 13.5. The van der Waals surface area contributed by atoms with Crippen molar-refractivity contribution in [1.29, 1.82) is 0 Å². The third-order valence-corrected chi connectivity index (χ3v) is 6.01. The van der Waals surface area contributed by atoms with E-state index in [-0.39, 0.29) is 17.5 Å². The maximum atomic E-state index is 13.5. The van der Waals surface area contributed by atoms with E-state index in [9.17, 15) is 4.79 Å². The third-order valence-electron chi connectivity index (χ3n) is 5.46. The number of nitrogens with two attached hydrogens (primary N) is 1.